The minimum atomic E-state index is -0.588. The number of ether oxygens (including phenoxy) is 1. The van der Waals surface area contributed by atoms with Crippen molar-refractivity contribution in [3.05, 3.63) is 42.2 Å². The minimum Gasteiger partial charge on any atom is -0.490 e. The highest BCUT2D eigenvalue weighted by molar-refractivity contribution is 5.99. The van der Waals surface area contributed by atoms with Crippen LogP contribution in [0.2, 0.25) is 0 Å². The number of fused-ring (bicyclic) bond motifs is 3. The Balaban J connectivity index is 1.97. The Morgan fingerprint density at radius 3 is 2.88 bits per heavy atom. The van der Waals surface area contributed by atoms with E-state index in [-0.39, 0.29) is 11.7 Å². The molecule has 3 aromatic rings. The van der Waals surface area contributed by atoms with Gasteiger partial charge in [-0.1, -0.05) is 18.2 Å². The Bertz CT molecular complexity index is 936. The fourth-order valence-corrected chi connectivity index (χ4v) is 2.84. The van der Waals surface area contributed by atoms with Gasteiger partial charge in [0, 0.05) is 17.3 Å². The number of nitrogens with two attached hydrogens (primary N) is 1. The van der Waals surface area contributed by atoms with E-state index in [1.165, 1.54) is 6.20 Å². The van der Waals surface area contributed by atoms with Crippen LogP contribution < -0.4 is 10.5 Å². The van der Waals surface area contributed by atoms with Gasteiger partial charge in [0.25, 0.3) is 5.91 Å². The summed E-state index contributed by atoms with van der Waals surface area (Å²) in [5.41, 5.74) is 7.78. The fraction of sp³-hybridized carbons (Fsp3) is 0.188. The lowest BCUT2D eigenvalue weighted by atomic mass is 9.99. The highest BCUT2D eigenvalue weighted by atomic mass is 16.5. The van der Waals surface area contributed by atoms with E-state index in [1.54, 1.807) is 16.8 Å². The van der Waals surface area contributed by atoms with Crippen LogP contribution in [-0.4, -0.2) is 37.7 Å². The fourth-order valence-electron chi connectivity index (χ4n) is 2.84. The van der Waals surface area contributed by atoms with Crippen LogP contribution in [-0.2, 0) is 0 Å². The van der Waals surface area contributed by atoms with E-state index in [1.807, 2.05) is 25.1 Å². The first-order chi connectivity index (χ1) is 11.7. The molecule has 8 nitrogen and oxygen atoms in total. The van der Waals surface area contributed by atoms with Gasteiger partial charge in [-0.2, -0.15) is 0 Å². The normalized spacial score (nSPS) is 15.8. The molecular weight excluding hydrogens is 308 g/mol. The number of amides is 1. The smallest absolute Gasteiger partial charge is 0.267 e. The van der Waals surface area contributed by atoms with E-state index in [0.29, 0.717) is 23.7 Å². The number of rotatable bonds is 2. The molecule has 0 spiro atoms. The van der Waals surface area contributed by atoms with Gasteiger partial charge in [0.05, 0.1) is 11.6 Å². The molecule has 24 heavy (non-hydrogen) atoms. The molecule has 1 amide bonds. The molecular formula is C16H14N6O2. The van der Waals surface area contributed by atoms with E-state index in [9.17, 15) is 4.79 Å². The number of carbonyl (C=O) groups is 1. The van der Waals surface area contributed by atoms with Crippen molar-refractivity contribution >= 4 is 5.91 Å². The van der Waals surface area contributed by atoms with Crippen molar-refractivity contribution in [3.8, 4) is 28.3 Å². The maximum absolute atomic E-state index is 11.7. The zero-order chi connectivity index (χ0) is 16.7. The average molecular weight is 322 g/mol. The van der Waals surface area contributed by atoms with Crippen LogP contribution in [0.25, 0.3) is 22.5 Å². The molecule has 3 heterocycles. The standard InChI is InChI=1S/C16H14N6O2/c1-9-8-24-14-11(10-6-3-7-18-13(10)15(17)23)4-2-5-12(14)16-19-20-21-22(9)16/h2-7,9H,8H2,1H3,(H2,17,23)/t9-/m0/s1. The number of nitrogens with zero attached hydrogens (tertiary/aromatic N) is 5. The summed E-state index contributed by atoms with van der Waals surface area (Å²) in [5.74, 6) is 0.657. The summed E-state index contributed by atoms with van der Waals surface area (Å²) in [4.78, 5) is 15.8. The van der Waals surface area contributed by atoms with Gasteiger partial charge in [0.15, 0.2) is 5.82 Å². The Hall–Kier alpha value is -3.29. The molecule has 0 unspecified atom stereocenters. The second-order valence-electron chi connectivity index (χ2n) is 5.55. The van der Waals surface area contributed by atoms with Crippen molar-refractivity contribution in [2.75, 3.05) is 6.61 Å². The molecule has 0 bridgehead atoms. The third-order valence-electron chi connectivity index (χ3n) is 3.97. The predicted octanol–water partition coefficient (Wildman–Crippen LogP) is 1.45. The van der Waals surface area contributed by atoms with E-state index in [0.717, 1.165) is 11.1 Å². The molecule has 1 aliphatic heterocycles. The first kappa shape index (κ1) is 14.3. The maximum atomic E-state index is 11.7. The zero-order valence-electron chi connectivity index (χ0n) is 12.9. The monoisotopic (exact) mass is 322 g/mol. The quantitative estimate of drug-likeness (QED) is 0.765. The molecule has 8 heteroatoms. The van der Waals surface area contributed by atoms with Crippen molar-refractivity contribution in [1.82, 2.24) is 25.2 Å². The molecule has 0 radical (unpaired) electrons. The summed E-state index contributed by atoms with van der Waals surface area (Å²) in [7, 11) is 0. The first-order valence-electron chi connectivity index (χ1n) is 7.46. The first-order valence-corrected chi connectivity index (χ1v) is 7.46. The van der Waals surface area contributed by atoms with Gasteiger partial charge in [0.2, 0.25) is 0 Å². The van der Waals surface area contributed by atoms with E-state index >= 15 is 0 Å². The third kappa shape index (κ3) is 2.11. The molecule has 1 aromatic carbocycles. The number of primary amides is 1. The number of hydrogen-bond acceptors (Lipinski definition) is 6. The van der Waals surface area contributed by atoms with Crippen LogP contribution in [0.5, 0.6) is 5.75 Å². The second kappa shape index (κ2) is 5.41. The van der Waals surface area contributed by atoms with Gasteiger partial charge in [-0.15, -0.1) is 5.10 Å². The van der Waals surface area contributed by atoms with Crippen LogP contribution in [0.3, 0.4) is 0 Å². The topological polar surface area (TPSA) is 109 Å². The van der Waals surface area contributed by atoms with Gasteiger partial charge in [0.1, 0.15) is 18.1 Å². The summed E-state index contributed by atoms with van der Waals surface area (Å²) >= 11 is 0. The molecule has 0 fully saturated rings. The van der Waals surface area contributed by atoms with Crippen LogP contribution in [0.15, 0.2) is 36.5 Å². The van der Waals surface area contributed by atoms with Crippen molar-refractivity contribution in [2.24, 2.45) is 5.73 Å². The molecule has 120 valence electrons. The molecule has 0 aliphatic carbocycles. The SMILES string of the molecule is C[C@H]1COc2c(-c3cccnc3C(N)=O)cccc2-c2nnnn21. The average Bonchev–Trinajstić information content (AvgIpc) is 3.04. The molecule has 1 atom stereocenters. The Kier molecular flexibility index (Phi) is 3.23. The van der Waals surface area contributed by atoms with Crippen molar-refractivity contribution in [2.45, 2.75) is 13.0 Å². The lowest BCUT2D eigenvalue weighted by Crippen LogP contribution is -2.15. The summed E-state index contributed by atoms with van der Waals surface area (Å²) in [6.07, 6.45) is 1.54. The molecule has 2 aromatic heterocycles. The summed E-state index contributed by atoms with van der Waals surface area (Å²) < 4.78 is 7.74. The molecule has 1 aliphatic rings. The van der Waals surface area contributed by atoms with Crippen LogP contribution >= 0.6 is 0 Å². The van der Waals surface area contributed by atoms with Gasteiger partial charge in [-0.25, -0.2) is 4.68 Å². The molecule has 0 saturated carbocycles. The lowest BCUT2D eigenvalue weighted by molar-refractivity contribution is 0.0996. The maximum Gasteiger partial charge on any atom is 0.267 e. The number of para-hydroxylation sites is 1. The third-order valence-corrected chi connectivity index (χ3v) is 3.97. The van der Waals surface area contributed by atoms with E-state index < -0.39 is 5.91 Å². The summed E-state index contributed by atoms with van der Waals surface area (Å²) in [6, 6.07) is 9.16. The number of hydrogen-bond donors (Lipinski definition) is 1. The largest absolute Gasteiger partial charge is 0.490 e. The second-order valence-corrected chi connectivity index (χ2v) is 5.55. The zero-order valence-corrected chi connectivity index (χ0v) is 12.9. The van der Waals surface area contributed by atoms with Crippen LogP contribution in [0.4, 0.5) is 0 Å². The molecule has 0 saturated heterocycles. The van der Waals surface area contributed by atoms with E-state index in [4.69, 9.17) is 10.5 Å². The lowest BCUT2D eigenvalue weighted by Gasteiger charge is -2.14. The predicted molar refractivity (Wildman–Crippen MR) is 85.2 cm³/mol. The molecule has 4 rings (SSSR count). The Labute approximate surface area is 137 Å². The Morgan fingerprint density at radius 1 is 1.25 bits per heavy atom. The van der Waals surface area contributed by atoms with Crippen LogP contribution in [0, 0.1) is 0 Å². The van der Waals surface area contributed by atoms with Gasteiger partial charge in [-0.05, 0) is 29.5 Å². The van der Waals surface area contributed by atoms with Gasteiger partial charge >= 0.3 is 0 Å². The van der Waals surface area contributed by atoms with Crippen molar-refractivity contribution < 1.29 is 9.53 Å². The summed E-state index contributed by atoms with van der Waals surface area (Å²) in [6.45, 7) is 2.39. The van der Waals surface area contributed by atoms with Crippen molar-refractivity contribution in [1.29, 1.82) is 0 Å². The number of tetrazole rings is 1. The molecule has 2 N–H and O–H groups in total. The van der Waals surface area contributed by atoms with Gasteiger partial charge in [-0.3, -0.25) is 9.78 Å². The van der Waals surface area contributed by atoms with Crippen molar-refractivity contribution in [3.63, 3.8) is 0 Å². The van der Waals surface area contributed by atoms with Crippen LogP contribution in [0.1, 0.15) is 23.5 Å². The van der Waals surface area contributed by atoms with E-state index in [2.05, 4.69) is 20.5 Å². The number of pyridine rings is 1. The number of aromatic nitrogens is 5. The van der Waals surface area contributed by atoms with Gasteiger partial charge < -0.3 is 10.5 Å². The number of carbonyl (C=O) groups excluding carboxylic acids is 1. The Morgan fingerprint density at radius 2 is 2.04 bits per heavy atom. The minimum absolute atomic E-state index is 0.0141. The summed E-state index contributed by atoms with van der Waals surface area (Å²) in [5, 5.41) is 11.9. The highest BCUT2D eigenvalue weighted by Crippen LogP contribution is 2.41. The highest BCUT2D eigenvalue weighted by Gasteiger charge is 2.26. The number of benzene rings is 1.